The van der Waals surface area contributed by atoms with E-state index in [9.17, 15) is 9.59 Å². The second-order valence-electron chi connectivity index (χ2n) is 5.44. The van der Waals surface area contributed by atoms with Crippen molar-refractivity contribution in [1.29, 1.82) is 0 Å². The zero-order valence-corrected chi connectivity index (χ0v) is 11.6. The molecule has 0 saturated heterocycles. The van der Waals surface area contributed by atoms with Crippen LogP contribution in [0.25, 0.3) is 0 Å². The maximum absolute atomic E-state index is 12.0. The van der Waals surface area contributed by atoms with Crippen LogP contribution in [0.5, 0.6) is 0 Å². The van der Waals surface area contributed by atoms with Gasteiger partial charge in [-0.1, -0.05) is 25.0 Å². The van der Waals surface area contributed by atoms with Crippen molar-refractivity contribution in [2.45, 2.75) is 45.6 Å². The molecule has 1 aliphatic carbocycles. The Morgan fingerprint density at radius 3 is 2.75 bits per heavy atom. The molecule has 110 valence electrons. The van der Waals surface area contributed by atoms with Gasteiger partial charge in [-0.3, -0.25) is 9.59 Å². The van der Waals surface area contributed by atoms with E-state index in [-0.39, 0.29) is 23.6 Å². The Morgan fingerprint density at radius 2 is 2.15 bits per heavy atom. The molecule has 1 aromatic rings. The number of amides is 1. The van der Waals surface area contributed by atoms with E-state index in [1.807, 2.05) is 0 Å². The first kappa shape index (κ1) is 14.5. The van der Waals surface area contributed by atoms with Crippen molar-refractivity contribution in [3.8, 4) is 0 Å². The molecule has 2 N–H and O–H groups in total. The van der Waals surface area contributed by atoms with Crippen LogP contribution in [0.2, 0.25) is 0 Å². The maximum atomic E-state index is 12.0. The van der Waals surface area contributed by atoms with Gasteiger partial charge in [0.25, 0.3) is 5.91 Å². The van der Waals surface area contributed by atoms with Crippen molar-refractivity contribution < 1.29 is 14.7 Å². The largest absolute Gasteiger partial charge is 0.480 e. The summed E-state index contributed by atoms with van der Waals surface area (Å²) in [6.45, 7) is 2.51. The van der Waals surface area contributed by atoms with Gasteiger partial charge in [0, 0.05) is 6.54 Å². The summed E-state index contributed by atoms with van der Waals surface area (Å²) >= 11 is 0. The van der Waals surface area contributed by atoms with Crippen LogP contribution in [-0.2, 0) is 11.3 Å². The maximum Gasteiger partial charge on any atom is 0.325 e. The van der Waals surface area contributed by atoms with Crippen LogP contribution in [0.1, 0.15) is 49.5 Å². The molecule has 1 saturated carbocycles. The van der Waals surface area contributed by atoms with E-state index < -0.39 is 5.97 Å². The van der Waals surface area contributed by atoms with Crippen molar-refractivity contribution >= 4 is 11.9 Å². The van der Waals surface area contributed by atoms with Crippen LogP contribution >= 0.6 is 0 Å². The van der Waals surface area contributed by atoms with Crippen molar-refractivity contribution in [2.75, 3.05) is 6.54 Å². The van der Waals surface area contributed by atoms with E-state index in [0.717, 1.165) is 23.9 Å². The molecule has 7 nitrogen and oxygen atoms in total. The summed E-state index contributed by atoms with van der Waals surface area (Å²) < 4.78 is 1.14. The van der Waals surface area contributed by atoms with Crippen LogP contribution in [0.4, 0.5) is 0 Å². The lowest BCUT2D eigenvalue weighted by Crippen LogP contribution is -2.35. The third-order valence-corrected chi connectivity index (χ3v) is 4.11. The number of carbonyl (C=O) groups excluding carboxylic acids is 1. The first-order valence-corrected chi connectivity index (χ1v) is 6.95. The summed E-state index contributed by atoms with van der Waals surface area (Å²) in [6.07, 6.45) is 7.15. The van der Waals surface area contributed by atoms with E-state index in [1.54, 1.807) is 0 Å². The van der Waals surface area contributed by atoms with Gasteiger partial charge in [0.2, 0.25) is 0 Å². The highest BCUT2D eigenvalue weighted by atomic mass is 16.4. The van der Waals surface area contributed by atoms with Gasteiger partial charge in [0.15, 0.2) is 5.69 Å². The molecule has 7 heteroatoms. The molecular weight excluding hydrogens is 260 g/mol. The molecule has 20 heavy (non-hydrogen) atoms. The number of nitrogens with zero attached hydrogens (tertiary/aromatic N) is 3. The Bertz CT molecular complexity index is 492. The highest BCUT2D eigenvalue weighted by Gasteiger charge is 2.32. The number of aliphatic carboxylic acids is 1. The molecule has 1 amide bonds. The zero-order chi connectivity index (χ0) is 14.6. The number of hydrogen-bond donors (Lipinski definition) is 2. The number of carboxylic acid groups (broad SMARTS) is 1. The Balaban J connectivity index is 1.91. The van der Waals surface area contributed by atoms with Gasteiger partial charge in [-0.2, -0.15) is 0 Å². The van der Waals surface area contributed by atoms with Crippen molar-refractivity contribution in [3.05, 3.63) is 11.9 Å². The summed E-state index contributed by atoms with van der Waals surface area (Å²) in [4.78, 5) is 22.5. The van der Waals surface area contributed by atoms with Gasteiger partial charge >= 0.3 is 5.97 Å². The topological polar surface area (TPSA) is 97.1 Å². The molecule has 0 aliphatic heterocycles. The molecule has 0 unspecified atom stereocenters. The molecular formula is C13H20N4O3. The first-order valence-electron chi connectivity index (χ1n) is 6.95. The van der Waals surface area contributed by atoms with Crippen molar-refractivity contribution in [3.63, 3.8) is 0 Å². The minimum Gasteiger partial charge on any atom is -0.480 e. The average Bonchev–Trinajstić information content (AvgIpc) is 3.05. The number of carbonyl (C=O) groups is 2. The summed E-state index contributed by atoms with van der Waals surface area (Å²) in [5.41, 5.74) is 0.377. The summed E-state index contributed by atoms with van der Waals surface area (Å²) in [5, 5.41) is 18.9. The van der Waals surface area contributed by atoms with Crippen LogP contribution in [0.3, 0.4) is 0 Å². The van der Waals surface area contributed by atoms with Gasteiger partial charge in [-0.25, -0.2) is 4.68 Å². The van der Waals surface area contributed by atoms with Crippen LogP contribution in [0, 0.1) is 5.41 Å². The van der Waals surface area contributed by atoms with Gasteiger partial charge in [-0.15, -0.1) is 5.10 Å². The monoisotopic (exact) mass is 280 g/mol. The van der Waals surface area contributed by atoms with Crippen molar-refractivity contribution in [1.82, 2.24) is 20.3 Å². The van der Waals surface area contributed by atoms with E-state index in [2.05, 4.69) is 22.6 Å². The lowest BCUT2D eigenvalue weighted by molar-refractivity contribution is -0.137. The minimum atomic E-state index is -1.02. The van der Waals surface area contributed by atoms with Gasteiger partial charge < -0.3 is 10.4 Å². The third kappa shape index (κ3) is 3.34. The van der Waals surface area contributed by atoms with Crippen molar-refractivity contribution in [2.24, 2.45) is 5.41 Å². The molecule has 0 aromatic carbocycles. The minimum absolute atomic E-state index is 0.162. The lowest BCUT2D eigenvalue weighted by atomic mass is 9.83. The summed E-state index contributed by atoms with van der Waals surface area (Å²) in [5.74, 6) is -1.31. The highest BCUT2D eigenvalue weighted by molar-refractivity contribution is 5.91. The van der Waals surface area contributed by atoms with Crippen LogP contribution in [-0.4, -0.2) is 38.5 Å². The Kier molecular flexibility index (Phi) is 4.36. The molecule has 2 rings (SSSR count). The Labute approximate surface area is 117 Å². The normalized spacial score (nSPS) is 17.1. The second-order valence-corrected chi connectivity index (χ2v) is 5.44. The van der Waals surface area contributed by atoms with Crippen LogP contribution < -0.4 is 5.32 Å². The highest BCUT2D eigenvalue weighted by Crippen LogP contribution is 2.40. The number of rotatable bonds is 6. The molecule has 0 atom stereocenters. The van der Waals surface area contributed by atoms with E-state index in [4.69, 9.17) is 5.11 Å². The summed E-state index contributed by atoms with van der Waals surface area (Å²) in [7, 11) is 0. The molecule has 0 spiro atoms. The van der Waals surface area contributed by atoms with Gasteiger partial charge in [0.05, 0.1) is 6.20 Å². The number of nitrogens with one attached hydrogen (secondary N) is 1. The van der Waals surface area contributed by atoms with E-state index in [1.165, 1.54) is 19.0 Å². The average molecular weight is 280 g/mol. The molecule has 1 heterocycles. The standard InChI is InChI=1S/C13H20N4O3/c1-2-13(5-3-4-6-13)9-14-12(20)10-7-17(16-15-10)8-11(18)19/h7H,2-6,8-9H2,1H3,(H,14,20)(H,18,19). The van der Waals surface area contributed by atoms with Gasteiger partial charge in [-0.05, 0) is 24.7 Å². The second kappa shape index (κ2) is 6.02. The lowest BCUT2D eigenvalue weighted by Gasteiger charge is -2.27. The quantitative estimate of drug-likeness (QED) is 0.812. The summed E-state index contributed by atoms with van der Waals surface area (Å²) in [6, 6.07) is 0. The molecule has 1 aromatic heterocycles. The zero-order valence-electron chi connectivity index (χ0n) is 11.6. The van der Waals surface area contributed by atoms with E-state index >= 15 is 0 Å². The third-order valence-electron chi connectivity index (χ3n) is 4.11. The smallest absolute Gasteiger partial charge is 0.325 e. The molecule has 1 aliphatic rings. The number of carboxylic acids is 1. The fourth-order valence-corrected chi connectivity index (χ4v) is 2.76. The fraction of sp³-hybridized carbons (Fsp3) is 0.692. The number of hydrogen-bond acceptors (Lipinski definition) is 4. The predicted octanol–water partition coefficient (Wildman–Crippen LogP) is 1.06. The van der Waals surface area contributed by atoms with E-state index in [0.29, 0.717) is 6.54 Å². The molecule has 0 radical (unpaired) electrons. The first-order chi connectivity index (χ1) is 9.54. The Hall–Kier alpha value is -1.92. The van der Waals surface area contributed by atoms with Gasteiger partial charge in [0.1, 0.15) is 6.54 Å². The molecule has 0 bridgehead atoms. The van der Waals surface area contributed by atoms with Crippen LogP contribution in [0.15, 0.2) is 6.20 Å². The molecule has 1 fully saturated rings. The predicted molar refractivity (Wildman–Crippen MR) is 71.2 cm³/mol. The SMILES string of the molecule is CCC1(CNC(=O)c2cn(CC(=O)O)nn2)CCCC1. The fourth-order valence-electron chi connectivity index (χ4n) is 2.76. The Morgan fingerprint density at radius 1 is 1.45 bits per heavy atom. The number of aromatic nitrogens is 3.